The van der Waals surface area contributed by atoms with Gasteiger partial charge in [0.2, 0.25) is 11.8 Å². The van der Waals surface area contributed by atoms with Gasteiger partial charge in [-0.1, -0.05) is 48.5 Å². The lowest BCUT2D eigenvalue weighted by atomic mass is 9.99. The first-order valence-electron chi connectivity index (χ1n) is 12.2. The highest BCUT2D eigenvalue weighted by Crippen LogP contribution is 2.26. The number of hydrogen-bond donors (Lipinski definition) is 2. The van der Waals surface area contributed by atoms with E-state index in [1.165, 1.54) is 25.0 Å². The summed E-state index contributed by atoms with van der Waals surface area (Å²) in [4.78, 5) is 39.7. The van der Waals surface area contributed by atoms with Gasteiger partial charge in [-0.3, -0.25) is 19.3 Å². The molecule has 0 bridgehead atoms. The van der Waals surface area contributed by atoms with Crippen molar-refractivity contribution in [3.8, 4) is 11.1 Å². The normalized spacial score (nSPS) is 13.8. The third kappa shape index (κ3) is 6.58. The summed E-state index contributed by atoms with van der Waals surface area (Å²) in [7, 11) is 0. The number of piperazine rings is 1. The van der Waals surface area contributed by atoms with Crippen LogP contribution in [-0.4, -0.2) is 53.7 Å². The molecule has 3 aromatic rings. The van der Waals surface area contributed by atoms with Crippen LogP contribution in [-0.2, 0) is 22.7 Å². The maximum atomic E-state index is 13.0. The van der Waals surface area contributed by atoms with Crippen LogP contribution in [0.4, 0.5) is 5.69 Å². The Hall–Kier alpha value is -3.97. The van der Waals surface area contributed by atoms with E-state index in [1.807, 2.05) is 59.5 Å². The zero-order valence-corrected chi connectivity index (χ0v) is 20.8. The van der Waals surface area contributed by atoms with Gasteiger partial charge in [-0.15, -0.1) is 0 Å². The first kappa shape index (κ1) is 25.1. The van der Waals surface area contributed by atoms with Crippen LogP contribution in [0.2, 0.25) is 0 Å². The minimum Gasteiger partial charge on any atom is -0.352 e. The Kier molecular flexibility index (Phi) is 8.13. The molecule has 0 unspecified atom stereocenters. The van der Waals surface area contributed by atoms with Gasteiger partial charge in [0.05, 0.1) is 0 Å². The summed E-state index contributed by atoms with van der Waals surface area (Å²) in [5.74, 6) is -0.115. The third-order valence-electron chi connectivity index (χ3n) is 6.33. The molecule has 3 amide bonds. The minimum absolute atomic E-state index is 0.0420. The van der Waals surface area contributed by atoms with Crippen LogP contribution >= 0.6 is 0 Å². The second-order valence-corrected chi connectivity index (χ2v) is 9.09. The Bertz CT molecular complexity index is 1210. The van der Waals surface area contributed by atoms with Crippen molar-refractivity contribution in [1.82, 2.24) is 15.1 Å². The third-order valence-corrected chi connectivity index (χ3v) is 6.33. The average molecular weight is 485 g/mol. The van der Waals surface area contributed by atoms with E-state index in [1.54, 1.807) is 0 Å². The number of nitrogens with zero attached hydrogens (tertiary/aromatic N) is 2. The molecule has 0 aromatic heterocycles. The number of hydrogen-bond acceptors (Lipinski definition) is 4. The number of amides is 3. The lowest BCUT2D eigenvalue weighted by Gasteiger charge is -2.35. The Morgan fingerprint density at radius 3 is 2.08 bits per heavy atom. The van der Waals surface area contributed by atoms with Crippen LogP contribution in [0.3, 0.4) is 0 Å². The lowest BCUT2D eigenvalue weighted by molar-refractivity contribution is -0.119. The number of benzene rings is 3. The number of rotatable bonds is 7. The molecule has 0 radical (unpaired) electrons. The average Bonchev–Trinajstić information content (AvgIpc) is 2.88. The van der Waals surface area contributed by atoms with Gasteiger partial charge in [-0.25, -0.2) is 0 Å². The number of nitrogens with one attached hydrogen (secondary N) is 2. The highest BCUT2D eigenvalue weighted by molar-refractivity contribution is 5.94. The van der Waals surface area contributed by atoms with Crippen molar-refractivity contribution in [3.63, 3.8) is 0 Å². The van der Waals surface area contributed by atoms with Crippen LogP contribution in [0.1, 0.15) is 35.3 Å². The Morgan fingerprint density at radius 1 is 0.778 bits per heavy atom. The molecule has 0 spiro atoms. The van der Waals surface area contributed by atoms with Crippen molar-refractivity contribution in [2.24, 2.45) is 0 Å². The second kappa shape index (κ2) is 11.6. The highest BCUT2D eigenvalue weighted by atomic mass is 16.2. The van der Waals surface area contributed by atoms with Gasteiger partial charge >= 0.3 is 0 Å². The summed E-state index contributed by atoms with van der Waals surface area (Å²) in [6, 6.07) is 23.7. The van der Waals surface area contributed by atoms with Crippen LogP contribution in [0.25, 0.3) is 11.1 Å². The zero-order valence-electron chi connectivity index (χ0n) is 20.8. The quantitative estimate of drug-likeness (QED) is 0.533. The maximum absolute atomic E-state index is 13.0. The smallest absolute Gasteiger partial charge is 0.253 e. The van der Waals surface area contributed by atoms with Crippen molar-refractivity contribution in [2.75, 3.05) is 31.5 Å². The van der Waals surface area contributed by atoms with Crippen molar-refractivity contribution in [2.45, 2.75) is 26.9 Å². The van der Waals surface area contributed by atoms with E-state index in [0.29, 0.717) is 25.2 Å². The Labute approximate surface area is 212 Å². The first-order chi connectivity index (χ1) is 17.4. The first-order valence-corrected chi connectivity index (χ1v) is 12.2. The van der Waals surface area contributed by atoms with Crippen molar-refractivity contribution < 1.29 is 14.4 Å². The van der Waals surface area contributed by atoms with Crippen molar-refractivity contribution >= 4 is 23.4 Å². The Morgan fingerprint density at radius 2 is 1.44 bits per heavy atom. The van der Waals surface area contributed by atoms with E-state index in [0.717, 1.165) is 36.4 Å². The summed E-state index contributed by atoms with van der Waals surface area (Å²) in [6.07, 6.45) is 0. The highest BCUT2D eigenvalue weighted by Gasteiger charge is 2.22. The topological polar surface area (TPSA) is 81.8 Å². The van der Waals surface area contributed by atoms with E-state index >= 15 is 0 Å². The van der Waals surface area contributed by atoms with E-state index in [2.05, 4.69) is 33.7 Å². The van der Waals surface area contributed by atoms with Gasteiger partial charge in [0.1, 0.15) is 0 Å². The van der Waals surface area contributed by atoms with Crippen LogP contribution in [0, 0.1) is 0 Å². The molecule has 2 N–H and O–H groups in total. The molecule has 7 nitrogen and oxygen atoms in total. The molecule has 4 rings (SSSR count). The van der Waals surface area contributed by atoms with Gasteiger partial charge in [-0.05, 0) is 46.5 Å². The van der Waals surface area contributed by atoms with E-state index in [4.69, 9.17) is 0 Å². The SMILES string of the molecule is CC(=O)NCc1ccc(C(=O)N2CCN(Cc3ccccc3-c3ccc(NC(C)=O)cc3)CC2)cc1. The molecule has 1 heterocycles. The van der Waals surface area contributed by atoms with Gasteiger partial charge in [-0.2, -0.15) is 0 Å². The fraction of sp³-hybridized carbons (Fsp3) is 0.276. The molecule has 1 aliphatic rings. The largest absolute Gasteiger partial charge is 0.352 e. The minimum atomic E-state index is -0.0836. The molecule has 1 aliphatic heterocycles. The molecule has 3 aromatic carbocycles. The molecule has 186 valence electrons. The standard InChI is InChI=1S/C29H32N4O3/c1-21(34)30-19-23-7-9-25(10-8-23)29(36)33-17-15-32(16-18-33)20-26-5-3-4-6-28(26)24-11-13-27(14-12-24)31-22(2)35/h3-14H,15-20H2,1-2H3,(H,30,34)(H,31,35). The predicted molar refractivity (Wildman–Crippen MR) is 141 cm³/mol. The number of anilines is 1. The molecule has 0 atom stereocenters. The summed E-state index contributed by atoms with van der Waals surface area (Å²) in [6.45, 7) is 7.24. The molecule has 1 fully saturated rings. The molecule has 1 saturated heterocycles. The van der Waals surface area contributed by atoms with Gasteiger partial charge in [0.15, 0.2) is 0 Å². The van der Waals surface area contributed by atoms with Gasteiger partial charge in [0, 0.05) is 64.4 Å². The van der Waals surface area contributed by atoms with E-state index in [-0.39, 0.29) is 17.7 Å². The fourth-order valence-corrected chi connectivity index (χ4v) is 4.40. The molecular weight excluding hydrogens is 452 g/mol. The zero-order chi connectivity index (χ0) is 25.5. The number of carbonyl (C=O) groups excluding carboxylic acids is 3. The van der Waals surface area contributed by atoms with E-state index in [9.17, 15) is 14.4 Å². The van der Waals surface area contributed by atoms with E-state index < -0.39 is 0 Å². The molecule has 0 aliphatic carbocycles. The molecule has 0 saturated carbocycles. The molecule has 7 heteroatoms. The lowest BCUT2D eigenvalue weighted by Crippen LogP contribution is -2.48. The summed E-state index contributed by atoms with van der Waals surface area (Å²) in [5, 5.41) is 5.57. The number of carbonyl (C=O) groups is 3. The van der Waals surface area contributed by atoms with Crippen LogP contribution < -0.4 is 10.6 Å². The van der Waals surface area contributed by atoms with Gasteiger partial charge in [0.25, 0.3) is 5.91 Å². The van der Waals surface area contributed by atoms with Crippen LogP contribution in [0.15, 0.2) is 72.8 Å². The van der Waals surface area contributed by atoms with Crippen LogP contribution in [0.5, 0.6) is 0 Å². The summed E-state index contributed by atoms with van der Waals surface area (Å²) >= 11 is 0. The second-order valence-electron chi connectivity index (χ2n) is 9.09. The summed E-state index contributed by atoms with van der Waals surface area (Å²) in [5.41, 5.74) is 5.93. The predicted octanol–water partition coefficient (Wildman–Crippen LogP) is 3.91. The fourth-order valence-electron chi connectivity index (χ4n) is 4.40. The summed E-state index contributed by atoms with van der Waals surface area (Å²) < 4.78 is 0. The Balaban J connectivity index is 1.34. The monoisotopic (exact) mass is 484 g/mol. The molecule has 36 heavy (non-hydrogen) atoms. The van der Waals surface area contributed by atoms with Gasteiger partial charge < -0.3 is 15.5 Å². The molecular formula is C29H32N4O3. The maximum Gasteiger partial charge on any atom is 0.253 e. The van der Waals surface area contributed by atoms with Crippen molar-refractivity contribution in [1.29, 1.82) is 0 Å². The van der Waals surface area contributed by atoms with Crippen molar-refractivity contribution in [3.05, 3.63) is 89.5 Å².